The molecule has 0 aromatic heterocycles. The van der Waals surface area contributed by atoms with Gasteiger partial charge in [-0.2, -0.15) is 9.57 Å². The highest BCUT2D eigenvalue weighted by atomic mass is 32.2. The number of hydrogen-bond donors (Lipinski definition) is 0. The highest BCUT2D eigenvalue weighted by molar-refractivity contribution is 7.89. The Labute approximate surface area is 119 Å². The molecule has 0 radical (unpaired) electrons. The van der Waals surface area contributed by atoms with Gasteiger partial charge in [0.1, 0.15) is 6.54 Å². The van der Waals surface area contributed by atoms with Crippen molar-refractivity contribution in [1.82, 2.24) is 9.21 Å². The second-order valence-corrected chi connectivity index (χ2v) is 6.25. The van der Waals surface area contributed by atoms with Gasteiger partial charge in [-0.25, -0.2) is 8.42 Å². The van der Waals surface area contributed by atoms with Crippen LogP contribution in [0.4, 0.5) is 0 Å². The lowest BCUT2D eigenvalue weighted by Crippen LogP contribution is -2.31. The van der Waals surface area contributed by atoms with Gasteiger partial charge in [0.15, 0.2) is 0 Å². The third-order valence-corrected chi connectivity index (χ3v) is 4.64. The lowest BCUT2D eigenvalue weighted by atomic mass is 10.2. The molecule has 0 N–H and O–H groups in total. The van der Waals surface area contributed by atoms with Crippen LogP contribution in [0.25, 0.3) is 0 Å². The second kappa shape index (κ2) is 6.50. The van der Waals surface area contributed by atoms with Crippen molar-refractivity contribution in [3.63, 3.8) is 0 Å². The van der Waals surface area contributed by atoms with E-state index < -0.39 is 10.0 Å². The van der Waals surface area contributed by atoms with E-state index in [2.05, 4.69) is 0 Å². The van der Waals surface area contributed by atoms with Crippen LogP contribution in [0.15, 0.2) is 29.2 Å². The normalized spacial score (nSPS) is 11.2. The monoisotopic (exact) mass is 295 g/mol. The van der Waals surface area contributed by atoms with Crippen LogP contribution >= 0.6 is 0 Å². The van der Waals surface area contributed by atoms with Crippen LogP contribution in [0.5, 0.6) is 0 Å². The number of nitrogens with zero attached hydrogens (tertiary/aromatic N) is 3. The summed E-state index contributed by atoms with van der Waals surface area (Å²) in [6, 6.07) is 7.65. The maximum atomic E-state index is 12.3. The van der Waals surface area contributed by atoms with E-state index in [1.165, 1.54) is 23.1 Å². The van der Waals surface area contributed by atoms with Gasteiger partial charge in [0, 0.05) is 26.2 Å². The maximum Gasteiger partial charge on any atom is 0.253 e. The number of sulfonamides is 1. The number of hydrogen-bond acceptors (Lipinski definition) is 4. The van der Waals surface area contributed by atoms with Crippen LogP contribution in [0.1, 0.15) is 17.3 Å². The molecule has 1 aromatic rings. The maximum absolute atomic E-state index is 12.3. The Hall–Kier alpha value is -1.91. The van der Waals surface area contributed by atoms with Gasteiger partial charge in [-0.15, -0.1) is 0 Å². The molecule has 0 aliphatic carbocycles. The highest BCUT2D eigenvalue weighted by Crippen LogP contribution is 2.17. The molecule has 108 valence electrons. The van der Waals surface area contributed by atoms with Crippen LogP contribution in [0.2, 0.25) is 0 Å². The van der Waals surface area contributed by atoms with E-state index in [0.717, 1.165) is 4.31 Å². The average molecular weight is 295 g/mol. The third kappa shape index (κ3) is 3.35. The summed E-state index contributed by atoms with van der Waals surface area (Å²) in [5.74, 6) is -0.273. The first kappa shape index (κ1) is 16.1. The van der Waals surface area contributed by atoms with Gasteiger partial charge in [-0.3, -0.25) is 4.79 Å². The van der Waals surface area contributed by atoms with Gasteiger partial charge in [0.2, 0.25) is 10.0 Å². The topological polar surface area (TPSA) is 81.5 Å². The number of rotatable bonds is 5. The van der Waals surface area contributed by atoms with Crippen LogP contribution in [0, 0.1) is 11.3 Å². The van der Waals surface area contributed by atoms with Crippen molar-refractivity contribution < 1.29 is 13.2 Å². The summed E-state index contributed by atoms with van der Waals surface area (Å²) in [5, 5.41) is 8.68. The first-order chi connectivity index (χ1) is 9.34. The van der Waals surface area contributed by atoms with Gasteiger partial charge in [0.05, 0.1) is 11.0 Å². The number of nitriles is 1. The smallest absolute Gasteiger partial charge is 0.253 e. The van der Waals surface area contributed by atoms with E-state index >= 15 is 0 Å². The summed E-state index contributed by atoms with van der Waals surface area (Å²) in [6.07, 6.45) is 0. The molecule has 0 aliphatic heterocycles. The van der Waals surface area contributed by atoms with Crippen molar-refractivity contribution in [2.45, 2.75) is 11.8 Å². The molecule has 7 heteroatoms. The Kier molecular flexibility index (Phi) is 5.25. The molecule has 6 nitrogen and oxygen atoms in total. The minimum atomic E-state index is -3.75. The summed E-state index contributed by atoms with van der Waals surface area (Å²) in [6.45, 7) is 1.64. The van der Waals surface area contributed by atoms with Crippen molar-refractivity contribution in [2.24, 2.45) is 0 Å². The molecular weight excluding hydrogens is 278 g/mol. The fraction of sp³-hybridized carbons (Fsp3) is 0.385. The standard InChI is InChI=1S/C13H17N3O3S/c1-4-16(9-8-14)20(18,19)12-7-5-6-11(10-12)13(17)15(2)3/h5-7,10H,4,9H2,1-3H3. The van der Waals surface area contributed by atoms with Crippen molar-refractivity contribution >= 4 is 15.9 Å². The van der Waals surface area contributed by atoms with Gasteiger partial charge in [-0.05, 0) is 18.2 Å². The first-order valence-electron chi connectivity index (χ1n) is 6.03. The summed E-state index contributed by atoms with van der Waals surface area (Å²) in [7, 11) is -0.565. The molecule has 1 rings (SSSR count). The van der Waals surface area contributed by atoms with Crippen LogP contribution in [-0.2, 0) is 10.0 Å². The Morgan fingerprint density at radius 2 is 2.00 bits per heavy atom. The minimum absolute atomic E-state index is 0.0160. The molecule has 0 atom stereocenters. The number of carbonyl (C=O) groups excluding carboxylic acids is 1. The minimum Gasteiger partial charge on any atom is -0.345 e. The van der Waals surface area contributed by atoms with E-state index in [1.807, 2.05) is 6.07 Å². The van der Waals surface area contributed by atoms with Crippen LogP contribution in [0.3, 0.4) is 0 Å². The van der Waals surface area contributed by atoms with Gasteiger partial charge in [-0.1, -0.05) is 13.0 Å². The zero-order valence-electron chi connectivity index (χ0n) is 11.7. The molecule has 1 aromatic carbocycles. The number of carbonyl (C=O) groups is 1. The van der Waals surface area contributed by atoms with E-state index in [4.69, 9.17) is 5.26 Å². The molecule has 0 spiro atoms. The second-order valence-electron chi connectivity index (χ2n) is 4.32. The van der Waals surface area contributed by atoms with Crippen molar-refractivity contribution in [3.05, 3.63) is 29.8 Å². The van der Waals surface area contributed by atoms with E-state index in [0.29, 0.717) is 5.56 Å². The van der Waals surface area contributed by atoms with Gasteiger partial charge < -0.3 is 4.90 Å². The number of benzene rings is 1. The van der Waals surface area contributed by atoms with E-state index in [-0.39, 0.29) is 23.9 Å². The van der Waals surface area contributed by atoms with Gasteiger partial charge in [0.25, 0.3) is 5.91 Å². The molecule has 0 heterocycles. The van der Waals surface area contributed by atoms with Crippen molar-refractivity contribution in [2.75, 3.05) is 27.2 Å². The molecule has 0 saturated heterocycles. The Balaban J connectivity index is 3.24. The molecular formula is C13H17N3O3S. The number of amides is 1. The Morgan fingerprint density at radius 1 is 1.35 bits per heavy atom. The Bertz CT molecular complexity index is 633. The molecule has 0 bridgehead atoms. The zero-order chi connectivity index (χ0) is 15.3. The molecule has 1 amide bonds. The molecule has 20 heavy (non-hydrogen) atoms. The lowest BCUT2D eigenvalue weighted by molar-refractivity contribution is 0.0827. The first-order valence-corrected chi connectivity index (χ1v) is 7.47. The zero-order valence-corrected chi connectivity index (χ0v) is 12.5. The SMILES string of the molecule is CCN(CC#N)S(=O)(=O)c1cccc(C(=O)N(C)C)c1. The van der Waals surface area contributed by atoms with Gasteiger partial charge >= 0.3 is 0 Å². The molecule has 0 aliphatic rings. The quantitative estimate of drug-likeness (QED) is 0.756. The van der Waals surface area contributed by atoms with Crippen molar-refractivity contribution in [1.29, 1.82) is 5.26 Å². The summed E-state index contributed by atoms with van der Waals surface area (Å²) < 4.78 is 25.8. The fourth-order valence-electron chi connectivity index (χ4n) is 1.64. The molecule has 0 unspecified atom stereocenters. The average Bonchev–Trinajstić information content (AvgIpc) is 2.43. The van der Waals surface area contributed by atoms with Crippen LogP contribution < -0.4 is 0 Å². The Morgan fingerprint density at radius 3 is 2.50 bits per heavy atom. The predicted octanol–water partition coefficient (Wildman–Crippen LogP) is 0.923. The third-order valence-electron chi connectivity index (χ3n) is 2.72. The summed E-state index contributed by atoms with van der Waals surface area (Å²) >= 11 is 0. The molecule has 0 saturated carbocycles. The largest absolute Gasteiger partial charge is 0.345 e. The summed E-state index contributed by atoms with van der Waals surface area (Å²) in [4.78, 5) is 13.2. The molecule has 0 fully saturated rings. The highest BCUT2D eigenvalue weighted by Gasteiger charge is 2.23. The summed E-state index contributed by atoms with van der Waals surface area (Å²) in [5.41, 5.74) is 0.295. The van der Waals surface area contributed by atoms with Crippen molar-refractivity contribution in [3.8, 4) is 6.07 Å². The lowest BCUT2D eigenvalue weighted by Gasteiger charge is -2.18. The predicted molar refractivity (Wildman–Crippen MR) is 74.5 cm³/mol. The van der Waals surface area contributed by atoms with Crippen LogP contribution in [-0.4, -0.2) is 50.7 Å². The fourth-order valence-corrected chi connectivity index (χ4v) is 3.03. The van der Waals surface area contributed by atoms with E-state index in [1.54, 1.807) is 27.1 Å². The van der Waals surface area contributed by atoms with E-state index in [9.17, 15) is 13.2 Å².